The number of ether oxygens (including phenoxy) is 2. The Bertz CT molecular complexity index is 1050. The molecule has 0 aromatic carbocycles. The van der Waals surface area contributed by atoms with E-state index in [9.17, 15) is 19.5 Å². The number of carbonyl (C=O) groups is 3. The fourth-order valence-corrected chi connectivity index (χ4v) is 4.96. The monoisotopic (exact) mass is 505 g/mol. The topological polar surface area (TPSA) is 111 Å². The van der Waals surface area contributed by atoms with Gasteiger partial charge in [-0.2, -0.15) is 0 Å². The van der Waals surface area contributed by atoms with Crippen LogP contribution >= 0.6 is 11.3 Å². The van der Waals surface area contributed by atoms with Gasteiger partial charge in [0.15, 0.2) is 0 Å². The Morgan fingerprint density at radius 3 is 2.23 bits per heavy atom. The molecule has 1 aliphatic carbocycles. The quantitative estimate of drug-likeness (QED) is 0.520. The van der Waals surface area contributed by atoms with Crippen LogP contribution in [0.4, 0.5) is 9.59 Å². The molecule has 192 valence electrons. The third kappa shape index (κ3) is 5.86. The van der Waals surface area contributed by atoms with E-state index in [1.54, 1.807) is 65.4 Å². The number of nitrogens with zero attached hydrogens (tertiary/aromatic N) is 3. The molecule has 0 bridgehead atoms. The Labute approximate surface area is 210 Å². The molecule has 10 heteroatoms. The molecule has 2 amide bonds. The fourth-order valence-electron chi connectivity index (χ4n) is 4.28. The summed E-state index contributed by atoms with van der Waals surface area (Å²) in [5.74, 6) is -0.924. The van der Waals surface area contributed by atoms with Crippen LogP contribution in [0.2, 0.25) is 0 Å². The average molecular weight is 506 g/mol. The van der Waals surface area contributed by atoms with Crippen LogP contribution in [-0.2, 0) is 19.7 Å². The van der Waals surface area contributed by atoms with Crippen molar-refractivity contribution in [3.8, 4) is 5.00 Å². The minimum Gasteiger partial charge on any atom is -0.481 e. The maximum Gasteiger partial charge on any atom is 0.419 e. The molecule has 1 N–H and O–H groups in total. The zero-order valence-electron chi connectivity index (χ0n) is 21.5. The van der Waals surface area contributed by atoms with Crippen molar-refractivity contribution in [3.63, 3.8) is 0 Å². The maximum absolute atomic E-state index is 12.7. The molecule has 1 saturated carbocycles. The second kappa shape index (κ2) is 9.29. The summed E-state index contributed by atoms with van der Waals surface area (Å²) in [6, 6.07) is 3.87. The van der Waals surface area contributed by atoms with E-state index in [2.05, 4.69) is 4.98 Å². The van der Waals surface area contributed by atoms with Gasteiger partial charge in [0.05, 0.1) is 5.69 Å². The van der Waals surface area contributed by atoms with Crippen LogP contribution in [0.3, 0.4) is 0 Å². The van der Waals surface area contributed by atoms with E-state index < -0.39 is 40.2 Å². The molecular formula is C25H35N3O6S. The minimum atomic E-state index is -1.11. The Kier molecular flexibility index (Phi) is 7.09. The molecule has 0 radical (unpaired) electrons. The third-order valence-electron chi connectivity index (χ3n) is 6.04. The van der Waals surface area contributed by atoms with E-state index in [0.29, 0.717) is 25.0 Å². The van der Waals surface area contributed by atoms with Crippen molar-refractivity contribution in [1.82, 2.24) is 14.5 Å². The summed E-state index contributed by atoms with van der Waals surface area (Å²) in [5, 5.41) is 13.1. The molecule has 2 aromatic heterocycles. The van der Waals surface area contributed by atoms with Gasteiger partial charge in [-0.15, -0.1) is 11.3 Å². The molecule has 1 fully saturated rings. The van der Waals surface area contributed by atoms with Crippen molar-refractivity contribution >= 4 is 29.5 Å². The minimum absolute atomic E-state index is 0.0543. The predicted molar refractivity (Wildman–Crippen MR) is 132 cm³/mol. The zero-order valence-corrected chi connectivity index (χ0v) is 22.3. The van der Waals surface area contributed by atoms with Gasteiger partial charge in [-0.05, 0) is 83.7 Å². The third-order valence-corrected chi connectivity index (χ3v) is 6.93. The Morgan fingerprint density at radius 2 is 1.74 bits per heavy atom. The number of carboxylic acids is 1. The highest BCUT2D eigenvalue weighted by molar-refractivity contribution is 7.12. The van der Waals surface area contributed by atoms with Crippen LogP contribution in [0.25, 0.3) is 5.00 Å². The van der Waals surface area contributed by atoms with Gasteiger partial charge in [-0.3, -0.25) is 9.36 Å². The molecular weight excluding hydrogens is 470 g/mol. The average Bonchev–Trinajstić information content (AvgIpc) is 3.12. The number of imidazole rings is 1. The summed E-state index contributed by atoms with van der Waals surface area (Å²) >= 11 is 1.54. The van der Waals surface area contributed by atoms with Crippen LogP contribution in [0.5, 0.6) is 0 Å². The normalized spacial score (nSPS) is 21.9. The summed E-state index contributed by atoms with van der Waals surface area (Å²) in [6.45, 7) is 12.3. The zero-order chi connectivity index (χ0) is 26.2. The first-order valence-electron chi connectivity index (χ1n) is 11.6. The highest BCUT2D eigenvalue weighted by atomic mass is 32.1. The van der Waals surface area contributed by atoms with Crippen LogP contribution < -0.4 is 0 Å². The summed E-state index contributed by atoms with van der Waals surface area (Å²) in [7, 11) is 0. The van der Waals surface area contributed by atoms with Crippen LogP contribution in [-0.4, -0.2) is 55.5 Å². The van der Waals surface area contributed by atoms with Gasteiger partial charge in [-0.1, -0.05) is 6.92 Å². The van der Waals surface area contributed by atoms with E-state index in [1.807, 2.05) is 29.0 Å². The number of imide groups is 1. The van der Waals surface area contributed by atoms with E-state index in [4.69, 9.17) is 9.47 Å². The number of hydrogen-bond donors (Lipinski definition) is 1. The Morgan fingerprint density at radius 1 is 1.14 bits per heavy atom. The van der Waals surface area contributed by atoms with E-state index in [1.165, 1.54) is 0 Å². The largest absolute Gasteiger partial charge is 0.481 e. The van der Waals surface area contributed by atoms with Gasteiger partial charge in [0.1, 0.15) is 27.9 Å². The molecule has 0 saturated heterocycles. The van der Waals surface area contributed by atoms with Crippen molar-refractivity contribution < 1.29 is 29.0 Å². The molecule has 2 atom stereocenters. The van der Waals surface area contributed by atoms with E-state index in [0.717, 1.165) is 9.90 Å². The van der Waals surface area contributed by atoms with Crippen molar-refractivity contribution in [1.29, 1.82) is 0 Å². The van der Waals surface area contributed by atoms with E-state index in [-0.39, 0.29) is 6.54 Å². The Hall–Kier alpha value is -2.88. The van der Waals surface area contributed by atoms with E-state index >= 15 is 0 Å². The highest BCUT2D eigenvalue weighted by Crippen LogP contribution is 2.66. The van der Waals surface area contributed by atoms with Gasteiger partial charge in [0.25, 0.3) is 0 Å². The van der Waals surface area contributed by atoms with Crippen molar-refractivity contribution in [2.24, 2.45) is 5.41 Å². The number of carboxylic acid groups (broad SMARTS) is 1. The van der Waals surface area contributed by atoms with Crippen LogP contribution in [0.15, 0.2) is 30.0 Å². The maximum atomic E-state index is 12.7. The molecule has 1 aliphatic rings. The smallest absolute Gasteiger partial charge is 0.419 e. The summed E-state index contributed by atoms with van der Waals surface area (Å²) in [6.07, 6.45) is 3.15. The van der Waals surface area contributed by atoms with Gasteiger partial charge < -0.3 is 14.6 Å². The molecule has 2 heterocycles. The lowest BCUT2D eigenvalue weighted by atomic mass is 9.88. The molecule has 35 heavy (non-hydrogen) atoms. The first-order chi connectivity index (χ1) is 16.1. The first kappa shape index (κ1) is 26.7. The molecule has 3 rings (SSSR count). The van der Waals surface area contributed by atoms with Gasteiger partial charge >= 0.3 is 18.2 Å². The number of hydrogen-bond acceptors (Lipinski definition) is 7. The van der Waals surface area contributed by atoms with Gasteiger partial charge in [-0.25, -0.2) is 19.5 Å². The predicted octanol–water partition coefficient (Wildman–Crippen LogP) is 5.62. The summed E-state index contributed by atoms with van der Waals surface area (Å²) in [5.41, 5.74) is -2.73. The standard InChI is InChI=1S/C25H35N3O6S/c1-22(2,3)33-20(31)28(21(32)34-23(4,5)6)12-9-11-24(7)15-25(24,19(29)30)17-14-27(16-26-17)18-10-8-13-35-18/h8,10,13-14,16H,9,11-12,15H2,1-7H3,(H,29,30)/t24-,25+/m0/s1. The lowest BCUT2D eigenvalue weighted by molar-refractivity contribution is -0.141. The SMILES string of the molecule is CC(C)(C)OC(=O)N(CCC[C@@]1(C)C[C@]1(C(=O)O)c1cn(-c2cccs2)cn1)C(=O)OC(C)(C)C. The molecule has 0 spiro atoms. The van der Waals surface area contributed by atoms with Crippen molar-refractivity contribution in [3.05, 3.63) is 35.7 Å². The van der Waals surface area contributed by atoms with Crippen molar-refractivity contribution in [2.45, 2.75) is 84.3 Å². The number of aromatic nitrogens is 2. The lowest BCUT2D eigenvalue weighted by Crippen LogP contribution is -2.44. The number of rotatable bonds is 7. The molecule has 9 nitrogen and oxygen atoms in total. The molecule has 0 unspecified atom stereocenters. The summed E-state index contributed by atoms with van der Waals surface area (Å²) in [4.78, 5) is 43.3. The van der Waals surface area contributed by atoms with Crippen molar-refractivity contribution in [2.75, 3.05) is 6.54 Å². The number of carbonyl (C=O) groups excluding carboxylic acids is 2. The Balaban J connectivity index is 1.73. The number of aliphatic carboxylic acids is 1. The van der Waals surface area contributed by atoms with Crippen LogP contribution in [0.1, 0.15) is 73.4 Å². The van der Waals surface area contributed by atoms with Crippen LogP contribution in [0, 0.1) is 5.41 Å². The lowest BCUT2D eigenvalue weighted by Gasteiger charge is -2.29. The fraction of sp³-hybridized carbons (Fsp3) is 0.600. The highest BCUT2D eigenvalue weighted by Gasteiger charge is 2.71. The first-order valence-corrected chi connectivity index (χ1v) is 12.5. The number of amides is 2. The summed E-state index contributed by atoms with van der Waals surface area (Å²) < 4.78 is 12.6. The van der Waals surface area contributed by atoms with Gasteiger partial charge in [0, 0.05) is 12.7 Å². The van der Waals surface area contributed by atoms with Gasteiger partial charge in [0.2, 0.25) is 0 Å². The molecule has 2 aromatic rings. The molecule has 0 aliphatic heterocycles. The number of thiophene rings is 1. The second-order valence-corrected chi connectivity index (χ2v) is 12.2. The second-order valence-electron chi connectivity index (χ2n) is 11.3.